The number of alkyl halides is 1. The maximum Gasteiger partial charge on any atom is 0.411 e. The van der Waals surface area contributed by atoms with E-state index in [1.54, 1.807) is 46.4 Å². The molecule has 0 saturated carbocycles. The Kier molecular flexibility index (Phi) is 36.4. The Bertz CT molecular complexity index is 4060. The Morgan fingerprint density at radius 3 is 1.16 bits per heavy atom. The topological polar surface area (TPSA) is 285 Å². The number of hydrogen-bond donors (Lipinski definition) is 4. The van der Waals surface area contributed by atoms with Crippen LogP contribution in [-0.2, 0) is 86.0 Å². The third-order valence-corrected chi connectivity index (χ3v) is 19.8. The first-order valence-electron chi connectivity index (χ1n) is 40.2. The summed E-state index contributed by atoms with van der Waals surface area (Å²) in [5.41, 5.74) is 13.5. The fraction of sp³-hybridized carbons (Fsp3) is 0.511. The van der Waals surface area contributed by atoms with Crippen molar-refractivity contribution in [3.8, 4) is 0 Å². The molecule has 6 aromatic rings. The second-order valence-electron chi connectivity index (χ2n) is 33.5. The smallest absolute Gasteiger partial charge is 0.411 e. The Balaban J connectivity index is 0.000000202. The largest absolute Gasteiger partial charge is 0.480 e. The molecule has 6 aliphatic rings. The molecule has 5 N–H and O–H groups in total. The summed E-state index contributed by atoms with van der Waals surface area (Å²) < 4.78 is 31.2. The molecule has 0 bridgehead atoms. The maximum absolute atomic E-state index is 13.6. The van der Waals surface area contributed by atoms with Gasteiger partial charge in [-0.1, -0.05) is 170 Å². The molecular formula is C90H125ClN10O15. The van der Waals surface area contributed by atoms with E-state index in [-0.39, 0.29) is 11.9 Å². The maximum atomic E-state index is 13.6. The molecule has 0 radical (unpaired) electrons. The molecule has 26 heteroatoms. The number of ether oxygens (including phenoxy) is 6. The summed E-state index contributed by atoms with van der Waals surface area (Å²) >= 11 is 5.53. The number of carboxylic acids is 1. The quantitative estimate of drug-likeness (QED) is 0.0503. The Morgan fingerprint density at radius 1 is 0.431 bits per heavy atom. The number of rotatable bonds is 12. The zero-order chi connectivity index (χ0) is 84.8. The first-order chi connectivity index (χ1) is 55.0. The van der Waals surface area contributed by atoms with Crippen molar-refractivity contribution >= 4 is 59.8 Å². The SMILES string of the molecule is CC(C)(C)OC(=O)N1CCN(Cc2ccccc2)C[C@H]1C(=O)N[C@@H]1CCCc2ccccc21.CC(C)(C)OC(=O)N1CCN(Cc2ccccc2)C[C@H]1C(=O)O.COC(=O)[C@@H]1CN(Cc2ccccc2)CCN1C(=O)OC(C)(C)C.COC(=O)[C@@H]1CNCCN1C(=O)OC(C)(C)C.ClCc1ccccc1.N[C@@H]1CCCc2ccccc21. The summed E-state index contributed by atoms with van der Waals surface area (Å²) in [5.74, 6) is -1.35. The zero-order valence-corrected chi connectivity index (χ0v) is 71.2. The van der Waals surface area contributed by atoms with Gasteiger partial charge in [-0.3, -0.25) is 39.1 Å². The normalized spacial score (nSPS) is 19.7. The van der Waals surface area contributed by atoms with E-state index >= 15 is 0 Å². The molecule has 4 saturated heterocycles. The number of nitrogens with one attached hydrogen (secondary N) is 2. The van der Waals surface area contributed by atoms with E-state index in [1.165, 1.54) is 80.7 Å². The molecule has 6 atom stereocenters. The van der Waals surface area contributed by atoms with Crippen molar-refractivity contribution in [3.63, 3.8) is 0 Å². The van der Waals surface area contributed by atoms with E-state index in [9.17, 15) is 43.5 Å². The van der Waals surface area contributed by atoms with Crippen LogP contribution in [0.4, 0.5) is 19.2 Å². The van der Waals surface area contributed by atoms with Crippen molar-refractivity contribution in [2.45, 2.75) is 206 Å². The second kappa shape index (κ2) is 45.2. The van der Waals surface area contributed by atoms with Gasteiger partial charge in [-0.05, 0) is 166 Å². The van der Waals surface area contributed by atoms with Gasteiger partial charge >= 0.3 is 42.3 Å². The molecule has 116 heavy (non-hydrogen) atoms. The van der Waals surface area contributed by atoms with Gasteiger partial charge in [0.25, 0.3) is 0 Å². The number of aryl methyl sites for hydroxylation is 2. The monoisotopic (exact) mass is 1620 g/mol. The fourth-order valence-electron chi connectivity index (χ4n) is 14.0. The van der Waals surface area contributed by atoms with Gasteiger partial charge in [0.2, 0.25) is 5.91 Å². The summed E-state index contributed by atoms with van der Waals surface area (Å²) in [6.45, 7) is 29.8. The Morgan fingerprint density at radius 2 is 0.767 bits per heavy atom. The molecule has 0 unspecified atom stereocenters. The van der Waals surface area contributed by atoms with Crippen LogP contribution in [0.15, 0.2) is 170 Å². The number of amides is 5. The van der Waals surface area contributed by atoms with Crippen LogP contribution >= 0.6 is 11.6 Å². The van der Waals surface area contributed by atoms with Gasteiger partial charge in [0.05, 0.1) is 20.3 Å². The van der Waals surface area contributed by atoms with Crippen molar-refractivity contribution in [1.82, 2.24) is 44.9 Å². The average Bonchev–Trinajstić information content (AvgIpc) is 0.630. The van der Waals surface area contributed by atoms with E-state index in [0.717, 1.165) is 44.3 Å². The van der Waals surface area contributed by atoms with Crippen LogP contribution in [0.3, 0.4) is 0 Å². The van der Waals surface area contributed by atoms with Gasteiger partial charge in [-0.15, -0.1) is 11.6 Å². The number of nitrogens with zero attached hydrogens (tertiary/aromatic N) is 7. The molecule has 0 aromatic heterocycles. The van der Waals surface area contributed by atoms with Gasteiger partial charge in [-0.25, -0.2) is 33.6 Å². The highest BCUT2D eigenvalue weighted by Gasteiger charge is 2.42. The molecule has 4 fully saturated rings. The number of halogens is 1. The van der Waals surface area contributed by atoms with Gasteiger partial charge in [-0.2, -0.15) is 0 Å². The lowest BCUT2D eigenvalue weighted by Gasteiger charge is -2.41. The number of carboxylic acid groups (broad SMARTS) is 1. The van der Waals surface area contributed by atoms with E-state index in [0.29, 0.717) is 97.0 Å². The highest BCUT2D eigenvalue weighted by atomic mass is 35.5. The Hall–Kier alpha value is -9.63. The lowest BCUT2D eigenvalue weighted by molar-refractivity contribution is -0.149. The van der Waals surface area contributed by atoms with E-state index in [1.807, 2.05) is 157 Å². The summed E-state index contributed by atoms with van der Waals surface area (Å²) in [6, 6.07) is 54.5. The number of carbonyl (C=O) groups excluding carboxylic acids is 7. The van der Waals surface area contributed by atoms with E-state index < -0.39 is 88.9 Å². The summed E-state index contributed by atoms with van der Waals surface area (Å²) in [6.07, 6.45) is 4.67. The molecule has 0 spiro atoms. The standard InChI is InChI=1S/C27H35N3O3.C18H26N2O4.C17H24N2O4.C11H20N2O4.C10H13N.C7H7Cl/c1-27(2,3)33-26(32)30-17-16-29(18-20-10-5-4-6-11-20)19-24(30)25(31)28-23-15-9-13-21-12-7-8-14-22(21)23;1-18(2,3)24-17(22)20-11-10-19(13-15(20)16(21)23-4)12-14-8-6-5-7-9-14;1-17(2,3)23-16(22)19-10-9-18(12-14(19)15(20)21)11-13-7-5-4-6-8-13;1-11(2,3)17-10(15)13-6-5-12-7-8(13)9(14)16-4;11-10-7-3-5-8-4-1-2-6-9(8)10;8-6-7-4-2-1-3-5-7/h4-8,10-12,14,23-24H,9,13,15-19H2,1-3H3,(H,28,31);5-9,15H,10-13H2,1-4H3;4-8,14H,9-12H2,1-3H3,(H,20,21);8,12H,5-7H2,1-4H3;1-2,4,6,10H,3,5,7,11H2;1-5H,6H2/t23-,24+;15-;14-;8-;10-;/m10001./s1. The van der Waals surface area contributed by atoms with Crippen molar-refractivity contribution < 1.29 is 71.9 Å². The molecule has 25 nitrogen and oxygen atoms in total. The van der Waals surface area contributed by atoms with Gasteiger partial charge in [0, 0.05) is 110 Å². The molecule has 632 valence electrons. The zero-order valence-electron chi connectivity index (χ0n) is 70.4. The summed E-state index contributed by atoms with van der Waals surface area (Å²) in [7, 11) is 2.65. The average molecular weight is 1620 g/mol. The van der Waals surface area contributed by atoms with Gasteiger partial charge in [0.15, 0.2) is 0 Å². The van der Waals surface area contributed by atoms with Gasteiger partial charge < -0.3 is 49.9 Å². The number of nitrogens with two attached hydrogens (primary N) is 1. The number of methoxy groups -OCH3 is 2. The number of esters is 2. The molecule has 4 aliphatic heterocycles. The minimum absolute atomic E-state index is 0.0209. The van der Waals surface area contributed by atoms with Crippen molar-refractivity contribution in [3.05, 3.63) is 214 Å². The fourth-order valence-corrected chi connectivity index (χ4v) is 14.2. The van der Waals surface area contributed by atoms with Crippen LogP contribution in [0.1, 0.15) is 165 Å². The van der Waals surface area contributed by atoms with Gasteiger partial charge in [0.1, 0.15) is 46.6 Å². The third kappa shape index (κ3) is 31.4. The van der Waals surface area contributed by atoms with E-state index in [4.69, 9.17) is 41.0 Å². The van der Waals surface area contributed by atoms with Crippen LogP contribution < -0.4 is 16.4 Å². The third-order valence-electron chi connectivity index (χ3n) is 19.5. The number of carbonyl (C=O) groups is 8. The number of fused-ring (bicyclic) bond motifs is 2. The summed E-state index contributed by atoms with van der Waals surface area (Å²) in [4.78, 5) is 111. The van der Waals surface area contributed by atoms with E-state index in [2.05, 4.69) is 84.7 Å². The summed E-state index contributed by atoms with van der Waals surface area (Å²) in [5, 5.41) is 15.8. The molecule has 12 rings (SSSR count). The number of benzene rings is 6. The molecule has 2 aliphatic carbocycles. The lowest BCUT2D eigenvalue weighted by Crippen LogP contribution is -2.61. The number of piperazine rings is 4. The first-order valence-corrected chi connectivity index (χ1v) is 40.7. The van der Waals surface area contributed by atoms with Crippen LogP contribution in [-0.4, -0.2) is 227 Å². The predicted molar refractivity (Wildman–Crippen MR) is 449 cm³/mol. The second-order valence-corrected chi connectivity index (χ2v) is 33.7. The predicted octanol–water partition coefficient (Wildman–Crippen LogP) is 13.6. The molecular weight excluding hydrogens is 1500 g/mol. The molecule has 6 aromatic carbocycles. The van der Waals surface area contributed by atoms with Crippen LogP contribution in [0.5, 0.6) is 0 Å². The molecule has 4 heterocycles. The highest BCUT2D eigenvalue weighted by molar-refractivity contribution is 6.17. The number of hydrogen-bond acceptors (Lipinski definition) is 19. The highest BCUT2D eigenvalue weighted by Crippen LogP contribution is 2.32. The van der Waals surface area contributed by atoms with Crippen LogP contribution in [0.25, 0.3) is 0 Å². The van der Waals surface area contributed by atoms with Crippen molar-refractivity contribution in [1.29, 1.82) is 0 Å². The van der Waals surface area contributed by atoms with Crippen LogP contribution in [0.2, 0.25) is 0 Å². The first kappa shape index (κ1) is 93.5. The minimum Gasteiger partial charge on any atom is -0.480 e. The minimum atomic E-state index is -1.01. The molecule has 5 amide bonds. The van der Waals surface area contributed by atoms with Crippen molar-refractivity contribution in [2.75, 3.05) is 92.8 Å². The van der Waals surface area contributed by atoms with Crippen molar-refractivity contribution in [2.24, 2.45) is 5.73 Å². The number of aliphatic carboxylic acids is 1. The lowest BCUT2D eigenvalue weighted by atomic mass is 9.87. The van der Waals surface area contributed by atoms with Crippen LogP contribution in [0, 0.1) is 0 Å². The Labute approximate surface area is 691 Å².